The van der Waals surface area contributed by atoms with Crippen LogP contribution >= 0.6 is 12.2 Å². The summed E-state index contributed by atoms with van der Waals surface area (Å²) in [6.45, 7) is 0.299. The van der Waals surface area contributed by atoms with Crippen LogP contribution in [-0.4, -0.2) is 48.5 Å². The fraction of sp³-hybridized carbons (Fsp3) is 0.364. The molecule has 1 aromatic heterocycles. The highest BCUT2D eigenvalue weighted by Crippen LogP contribution is 2.12. The van der Waals surface area contributed by atoms with Crippen molar-refractivity contribution < 1.29 is 4.79 Å². The van der Waals surface area contributed by atoms with Crippen LogP contribution < -0.4 is 10.6 Å². The Morgan fingerprint density at radius 3 is 2.65 bits per heavy atom. The van der Waals surface area contributed by atoms with E-state index >= 15 is 0 Å². The molecular formula is C11H16N4OS. The molecule has 0 aliphatic carbocycles. The quantitative estimate of drug-likeness (QED) is 0.778. The van der Waals surface area contributed by atoms with Gasteiger partial charge in [-0.1, -0.05) is 12.2 Å². The summed E-state index contributed by atoms with van der Waals surface area (Å²) in [6.07, 6.45) is 1.63. The number of nitrogens with two attached hydrogens (primary N) is 1. The maximum atomic E-state index is 11.6. The fourth-order valence-electron chi connectivity index (χ4n) is 1.23. The number of carbonyl (C=O) groups is 1. The lowest BCUT2D eigenvalue weighted by Crippen LogP contribution is -2.34. The zero-order chi connectivity index (χ0) is 13.0. The summed E-state index contributed by atoms with van der Waals surface area (Å²) < 4.78 is 0. The lowest BCUT2D eigenvalue weighted by Gasteiger charge is -2.21. The van der Waals surface area contributed by atoms with Crippen LogP contribution in [0.4, 0.5) is 5.69 Å². The number of anilines is 1. The summed E-state index contributed by atoms with van der Waals surface area (Å²) in [5, 5.41) is 0. The van der Waals surface area contributed by atoms with Gasteiger partial charge < -0.3 is 15.5 Å². The van der Waals surface area contributed by atoms with E-state index in [-0.39, 0.29) is 10.9 Å². The molecule has 0 radical (unpaired) electrons. The third kappa shape index (κ3) is 3.67. The standard InChI is InChI=1S/C11H16N4OS/c1-14(2)10(16)7-15(3)8-4-5-13-9(6-8)11(12)17/h4-6H,7H2,1-3H3,(H2,12,17). The number of nitrogens with zero attached hydrogens (tertiary/aromatic N) is 3. The first-order valence-corrected chi connectivity index (χ1v) is 5.49. The number of aromatic nitrogens is 1. The predicted octanol–water partition coefficient (Wildman–Crippen LogP) is 0.240. The smallest absolute Gasteiger partial charge is 0.241 e. The maximum absolute atomic E-state index is 11.6. The van der Waals surface area contributed by atoms with Gasteiger partial charge in [0.2, 0.25) is 5.91 Å². The molecule has 0 spiro atoms. The van der Waals surface area contributed by atoms with Gasteiger partial charge in [0.1, 0.15) is 4.99 Å². The molecule has 0 saturated carbocycles. The molecule has 2 N–H and O–H groups in total. The minimum atomic E-state index is 0.0289. The molecule has 0 aromatic carbocycles. The summed E-state index contributed by atoms with van der Waals surface area (Å²) in [7, 11) is 5.28. The Morgan fingerprint density at radius 1 is 1.47 bits per heavy atom. The van der Waals surface area contributed by atoms with Crippen molar-refractivity contribution in [1.82, 2.24) is 9.88 Å². The third-order valence-electron chi connectivity index (χ3n) is 2.31. The number of amides is 1. The average molecular weight is 252 g/mol. The number of thiocarbonyl (C=S) groups is 1. The van der Waals surface area contributed by atoms with Crippen molar-refractivity contribution in [2.45, 2.75) is 0 Å². The van der Waals surface area contributed by atoms with Crippen LogP contribution in [0.25, 0.3) is 0 Å². The first kappa shape index (κ1) is 13.4. The Hall–Kier alpha value is -1.69. The second-order valence-electron chi connectivity index (χ2n) is 3.91. The van der Waals surface area contributed by atoms with Gasteiger partial charge in [0.25, 0.3) is 0 Å². The van der Waals surface area contributed by atoms with Crippen LogP contribution in [0.2, 0.25) is 0 Å². The number of pyridine rings is 1. The van der Waals surface area contributed by atoms with Crippen LogP contribution in [-0.2, 0) is 4.79 Å². The number of hydrogen-bond donors (Lipinski definition) is 1. The van der Waals surface area contributed by atoms with E-state index in [0.717, 1.165) is 5.69 Å². The molecule has 1 heterocycles. The molecular weight excluding hydrogens is 236 g/mol. The minimum absolute atomic E-state index is 0.0289. The molecule has 92 valence electrons. The Kier molecular flexibility index (Phi) is 4.39. The summed E-state index contributed by atoms with van der Waals surface area (Å²) in [5.41, 5.74) is 6.92. The van der Waals surface area contributed by atoms with Crippen LogP contribution in [0.1, 0.15) is 5.69 Å². The molecule has 0 unspecified atom stereocenters. The van der Waals surface area contributed by atoms with Gasteiger partial charge in [-0.05, 0) is 12.1 Å². The highest BCUT2D eigenvalue weighted by Gasteiger charge is 2.10. The van der Waals surface area contributed by atoms with Crippen molar-refractivity contribution in [3.63, 3.8) is 0 Å². The summed E-state index contributed by atoms with van der Waals surface area (Å²) in [6, 6.07) is 3.58. The molecule has 0 bridgehead atoms. The van der Waals surface area contributed by atoms with Crippen LogP contribution in [0.15, 0.2) is 18.3 Å². The first-order valence-electron chi connectivity index (χ1n) is 5.09. The van der Waals surface area contributed by atoms with Gasteiger partial charge in [-0.3, -0.25) is 9.78 Å². The van der Waals surface area contributed by atoms with Gasteiger partial charge in [-0.25, -0.2) is 0 Å². The maximum Gasteiger partial charge on any atom is 0.241 e. The Labute approximate surface area is 106 Å². The average Bonchev–Trinajstić information content (AvgIpc) is 2.28. The largest absolute Gasteiger partial charge is 0.388 e. The van der Waals surface area contributed by atoms with Gasteiger partial charge in [-0.15, -0.1) is 0 Å². The van der Waals surface area contributed by atoms with Crippen LogP contribution in [0, 0.1) is 0 Å². The Bertz CT molecular complexity index is 433. The van der Waals surface area contributed by atoms with E-state index in [0.29, 0.717) is 12.2 Å². The van der Waals surface area contributed by atoms with E-state index in [1.807, 2.05) is 18.0 Å². The molecule has 6 heteroatoms. The molecule has 0 aliphatic rings. The topological polar surface area (TPSA) is 62.5 Å². The number of likely N-dealkylation sites (N-methyl/N-ethyl adjacent to an activating group) is 2. The molecule has 0 aliphatic heterocycles. The summed E-state index contributed by atoms with van der Waals surface area (Å²) in [4.78, 5) is 19.2. The molecule has 0 saturated heterocycles. The molecule has 0 fully saturated rings. The Morgan fingerprint density at radius 2 is 2.12 bits per heavy atom. The van der Waals surface area contributed by atoms with Crippen LogP contribution in [0.3, 0.4) is 0 Å². The number of carbonyl (C=O) groups excluding carboxylic acids is 1. The summed E-state index contributed by atoms with van der Waals surface area (Å²) >= 11 is 4.86. The first-order chi connectivity index (χ1) is 7.91. The lowest BCUT2D eigenvalue weighted by molar-refractivity contribution is -0.127. The van der Waals surface area contributed by atoms with E-state index in [1.54, 1.807) is 31.3 Å². The van der Waals surface area contributed by atoms with Crippen molar-refractivity contribution in [2.24, 2.45) is 5.73 Å². The highest BCUT2D eigenvalue weighted by atomic mass is 32.1. The molecule has 5 nitrogen and oxygen atoms in total. The highest BCUT2D eigenvalue weighted by molar-refractivity contribution is 7.80. The zero-order valence-electron chi connectivity index (χ0n) is 10.2. The predicted molar refractivity (Wildman–Crippen MR) is 72.1 cm³/mol. The minimum Gasteiger partial charge on any atom is -0.388 e. The van der Waals surface area contributed by atoms with Crippen molar-refractivity contribution in [1.29, 1.82) is 0 Å². The van der Waals surface area contributed by atoms with Gasteiger partial charge in [0, 0.05) is 33.0 Å². The lowest BCUT2D eigenvalue weighted by atomic mass is 10.3. The van der Waals surface area contributed by atoms with E-state index < -0.39 is 0 Å². The second kappa shape index (κ2) is 5.58. The van der Waals surface area contributed by atoms with Gasteiger partial charge in [-0.2, -0.15) is 0 Å². The van der Waals surface area contributed by atoms with Crippen molar-refractivity contribution >= 4 is 28.8 Å². The second-order valence-corrected chi connectivity index (χ2v) is 4.35. The van der Waals surface area contributed by atoms with Crippen LogP contribution in [0.5, 0.6) is 0 Å². The van der Waals surface area contributed by atoms with E-state index in [4.69, 9.17) is 18.0 Å². The van der Waals surface area contributed by atoms with Gasteiger partial charge in [0.15, 0.2) is 0 Å². The monoisotopic (exact) mass is 252 g/mol. The van der Waals surface area contributed by atoms with E-state index in [1.165, 1.54) is 0 Å². The molecule has 1 aromatic rings. The normalized spacial score (nSPS) is 9.82. The summed E-state index contributed by atoms with van der Waals surface area (Å²) in [5.74, 6) is 0.0289. The van der Waals surface area contributed by atoms with Gasteiger partial charge in [0.05, 0.1) is 12.2 Å². The molecule has 17 heavy (non-hydrogen) atoms. The SMILES string of the molecule is CN(C)C(=O)CN(C)c1ccnc(C(N)=S)c1. The van der Waals surface area contributed by atoms with Gasteiger partial charge >= 0.3 is 0 Å². The molecule has 1 amide bonds. The van der Waals surface area contributed by atoms with Crippen molar-refractivity contribution in [3.05, 3.63) is 24.0 Å². The van der Waals surface area contributed by atoms with Crippen molar-refractivity contribution in [2.75, 3.05) is 32.6 Å². The molecule has 1 rings (SSSR count). The molecule has 0 atom stereocenters. The van der Waals surface area contributed by atoms with E-state index in [2.05, 4.69) is 4.98 Å². The fourth-order valence-corrected chi connectivity index (χ4v) is 1.34. The van der Waals surface area contributed by atoms with E-state index in [9.17, 15) is 4.79 Å². The third-order valence-corrected chi connectivity index (χ3v) is 2.52. The van der Waals surface area contributed by atoms with Crippen molar-refractivity contribution in [3.8, 4) is 0 Å². The zero-order valence-corrected chi connectivity index (χ0v) is 11.0. The number of hydrogen-bond acceptors (Lipinski definition) is 4. The Balaban J connectivity index is 2.82. The number of rotatable bonds is 4.